The summed E-state index contributed by atoms with van der Waals surface area (Å²) in [5.74, 6) is 3.77. The fourth-order valence-corrected chi connectivity index (χ4v) is 3.01. The fourth-order valence-electron chi connectivity index (χ4n) is 1.92. The summed E-state index contributed by atoms with van der Waals surface area (Å²) in [7, 11) is 1.97. The van der Waals surface area contributed by atoms with Crippen molar-refractivity contribution >= 4 is 29.1 Å². The van der Waals surface area contributed by atoms with Crippen LogP contribution < -0.4 is 10.6 Å². The molecule has 126 valence electrons. The summed E-state index contributed by atoms with van der Waals surface area (Å²) >= 11 is 3.56. The van der Waals surface area contributed by atoms with E-state index in [9.17, 15) is 0 Å². The Hall–Kier alpha value is -1.54. The summed E-state index contributed by atoms with van der Waals surface area (Å²) in [6.07, 6.45) is 3.24. The van der Waals surface area contributed by atoms with Crippen LogP contribution in [0.2, 0.25) is 0 Å². The minimum absolute atomic E-state index is 0.606. The van der Waals surface area contributed by atoms with Gasteiger partial charge in [-0.05, 0) is 47.7 Å². The normalized spacial score (nSPS) is 11.7. The molecule has 2 aromatic heterocycles. The third kappa shape index (κ3) is 5.87. The van der Waals surface area contributed by atoms with Crippen LogP contribution in [0.25, 0.3) is 0 Å². The molecule has 6 nitrogen and oxygen atoms in total. The summed E-state index contributed by atoms with van der Waals surface area (Å²) < 4.78 is 1.98. The van der Waals surface area contributed by atoms with Crippen LogP contribution in [0.5, 0.6) is 0 Å². The molecule has 0 atom stereocenters. The zero-order chi connectivity index (χ0) is 16.5. The van der Waals surface area contributed by atoms with E-state index < -0.39 is 0 Å². The van der Waals surface area contributed by atoms with Gasteiger partial charge in [-0.3, -0.25) is 0 Å². The Morgan fingerprint density at radius 3 is 2.91 bits per heavy atom. The molecule has 0 radical (unpaired) electrons. The van der Waals surface area contributed by atoms with Gasteiger partial charge < -0.3 is 15.2 Å². The van der Waals surface area contributed by atoms with Crippen LogP contribution >= 0.6 is 23.1 Å². The monoisotopic (exact) mass is 352 g/mol. The first-order valence-electron chi connectivity index (χ1n) is 7.57. The summed E-state index contributed by atoms with van der Waals surface area (Å²) in [5.41, 5.74) is 1.23. The van der Waals surface area contributed by atoms with E-state index in [1.54, 1.807) is 11.3 Å². The van der Waals surface area contributed by atoms with E-state index >= 15 is 0 Å². The number of aromatic nitrogens is 3. The molecule has 0 bridgehead atoms. The zero-order valence-corrected chi connectivity index (χ0v) is 15.5. The van der Waals surface area contributed by atoms with Crippen LogP contribution in [0.15, 0.2) is 21.8 Å². The molecule has 0 aromatic carbocycles. The molecule has 2 N–H and O–H groups in total. The number of thiophene rings is 1. The number of nitrogens with zero attached hydrogens (tertiary/aromatic N) is 4. The van der Waals surface area contributed by atoms with Gasteiger partial charge >= 0.3 is 0 Å². The van der Waals surface area contributed by atoms with Gasteiger partial charge in [-0.15, -0.1) is 10.2 Å². The number of aliphatic imine (C=N–C) groups is 1. The number of rotatable bonds is 8. The van der Waals surface area contributed by atoms with E-state index in [4.69, 9.17) is 0 Å². The van der Waals surface area contributed by atoms with Crippen LogP contribution in [-0.2, 0) is 20.1 Å². The summed E-state index contributed by atoms with van der Waals surface area (Å²) in [4.78, 5) is 4.65. The Kier molecular flexibility index (Phi) is 7.41. The Labute approximate surface area is 145 Å². The minimum Gasteiger partial charge on any atom is -0.356 e. The van der Waals surface area contributed by atoms with Gasteiger partial charge in [0.15, 0.2) is 11.8 Å². The predicted octanol–water partition coefficient (Wildman–Crippen LogP) is 2.17. The van der Waals surface area contributed by atoms with E-state index in [0.29, 0.717) is 13.1 Å². The van der Waals surface area contributed by atoms with E-state index in [-0.39, 0.29) is 0 Å². The van der Waals surface area contributed by atoms with Gasteiger partial charge in [-0.1, -0.05) is 0 Å². The van der Waals surface area contributed by atoms with E-state index in [1.165, 1.54) is 5.56 Å². The highest BCUT2D eigenvalue weighted by molar-refractivity contribution is 7.98. The molecule has 0 aliphatic heterocycles. The third-order valence-electron chi connectivity index (χ3n) is 3.41. The van der Waals surface area contributed by atoms with E-state index in [0.717, 1.165) is 36.3 Å². The number of aryl methyl sites for hydroxylation is 1. The molecule has 2 aromatic rings. The molecule has 0 saturated heterocycles. The van der Waals surface area contributed by atoms with Gasteiger partial charge in [-0.2, -0.15) is 23.1 Å². The Morgan fingerprint density at radius 2 is 2.26 bits per heavy atom. The SMILES string of the molecule is CSCCCNC(=NCc1ccsc1)NCc1nnc(C)n1C. The van der Waals surface area contributed by atoms with Crippen LogP contribution in [0.1, 0.15) is 23.6 Å². The van der Waals surface area contributed by atoms with Crippen LogP contribution in [-0.4, -0.2) is 39.3 Å². The van der Waals surface area contributed by atoms with Crippen molar-refractivity contribution < 1.29 is 0 Å². The standard InChI is InChI=1S/C15H24N6S2/c1-12-19-20-14(21(12)2)10-18-15(16-6-4-7-22-3)17-9-13-5-8-23-11-13/h5,8,11H,4,6-7,9-10H2,1-3H3,(H2,16,17,18). The van der Waals surface area contributed by atoms with Crippen LogP contribution in [0, 0.1) is 6.92 Å². The predicted molar refractivity (Wildman–Crippen MR) is 99.0 cm³/mol. The summed E-state index contributed by atoms with van der Waals surface area (Å²) in [6.45, 7) is 4.14. The van der Waals surface area contributed by atoms with E-state index in [2.05, 4.69) is 48.9 Å². The van der Waals surface area contributed by atoms with Crippen LogP contribution in [0.3, 0.4) is 0 Å². The molecule has 23 heavy (non-hydrogen) atoms. The van der Waals surface area contributed by atoms with Crippen molar-refractivity contribution in [2.75, 3.05) is 18.6 Å². The number of guanidine groups is 1. The average Bonchev–Trinajstić information content (AvgIpc) is 3.18. The largest absolute Gasteiger partial charge is 0.356 e. The topological polar surface area (TPSA) is 67.1 Å². The number of nitrogens with one attached hydrogen (secondary N) is 2. The lowest BCUT2D eigenvalue weighted by atomic mass is 10.3. The van der Waals surface area contributed by atoms with Gasteiger partial charge in [0, 0.05) is 13.6 Å². The summed E-state index contributed by atoms with van der Waals surface area (Å²) in [6, 6.07) is 2.10. The molecule has 8 heteroatoms. The second-order valence-corrected chi connectivity index (χ2v) is 6.91. The van der Waals surface area contributed by atoms with Crippen molar-refractivity contribution in [1.29, 1.82) is 0 Å². The first kappa shape index (κ1) is 17.8. The van der Waals surface area contributed by atoms with Gasteiger partial charge in [0.1, 0.15) is 5.82 Å². The maximum atomic E-state index is 4.65. The van der Waals surface area contributed by atoms with Gasteiger partial charge in [0.2, 0.25) is 0 Å². The van der Waals surface area contributed by atoms with Gasteiger partial charge in [-0.25, -0.2) is 4.99 Å². The lowest BCUT2D eigenvalue weighted by Gasteiger charge is -2.12. The van der Waals surface area contributed by atoms with Crippen molar-refractivity contribution in [2.24, 2.45) is 12.0 Å². The lowest BCUT2D eigenvalue weighted by molar-refractivity contribution is 0.711. The zero-order valence-electron chi connectivity index (χ0n) is 13.9. The second kappa shape index (κ2) is 9.57. The van der Waals surface area contributed by atoms with Crippen molar-refractivity contribution in [2.45, 2.75) is 26.4 Å². The minimum atomic E-state index is 0.606. The summed E-state index contributed by atoms with van der Waals surface area (Å²) in [5, 5.41) is 19.2. The smallest absolute Gasteiger partial charge is 0.191 e. The first-order valence-corrected chi connectivity index (χ1v) is 9.91. The molecule has 0 unspecified atom stereocenters. The van der Waals surface area contributed by atoms with Crippen molar-refractivity contribution in [3.8, 4) is 0 Å². The third-order valence-corrected chi connectivity index (χ3v) is 4.84. The van der Waals surface area contributed by atoms with Gasteiger partial charge in [0.25, 0.3) is 0 Å². The number of hydrogen-bond donors (Lipinski definition) is 2. The molecule has 0 saturated carbocycles. The molecule has 0 fully saturated rings. The molecule has 2 rings (SSSR count). The molecule has 0 aliphatic rings. The first-order chi connectivity index (χ1) is 11.2. The maximum absolute atomic E-state index is 4.65. The second-order valence-electron chi connectivity index (χ2n) is 5.15. The molecule has 2 heterocycles. The maximum Gasteiger partial charge on any atom is 0.191 e. The molecule has 0 aliphatic carbocycles. The molecular weight excluding hydrogens is 328 g/mol. The van der Waals surface area contributed by atoms with Gasteiger partial charge in [0.05, 0.1) is 13.1 Å². The molecule has 0 spiro atoms. The lowest BCUT2D eigenvalue weighted by Crippen LogP contribution is -2.38. The quantitative estimate of drug-likeness (QED) is 0.433. The Morgan fingerprint density at radius 1 is 1.39 bits per heavy atom. The fraction of sp³-hybridized carbons (Fsp3) is 0.533. The number of hydrogen-bond acceptors (Lipinski definition) is 5. The van der Waals surface area contributed by atoms with Crippen molar-refractivity contribution in [1.82, 2.24) is 25.4 Å². The molecular formula is C15H24N6S2. The van der Waals surface area contributed by atoms with Crippen molar-refractivity contribution in [3.05, 3.63) is 34.0 Å². The highest BCUT2D eigenvalue weighted by Gasteiger charge is 2.06. The highest BCUT2D eigenvalue weighted by atomic mass is 32.2. The molecule has 0 amide bonds. The number of thioether (sulfide) groups is 1. The van der Waals surface area contributed by atoms with Crippen LogP contribution in [0.4, 0.5) is 0 Å². The van der Waals surface area contributed by atoms with E-state index in [1.807, 2.05) is 30.3 Å². The van der Waals surface area contributed by atoms with Crippen molar-refractivity contribution in [3.63, 3.8) is 0 Å². The highest BCUT2D eigenvalue weighted by Crippen LogP contribution is 2.07. The average molecular weight is 353 g/mol. The Bertz CT molecular complexity index is 606. The Balaban J connectivity index is 1.91.